The van der Waals surface area contributed by atoms with E-state index in [0.29, 0.717) is 28.1 Å². The van der Waals surface area contributed by atoms with Gasteiger partial charge in [-0.25, -0.2) is 4.39 Å². The normalized spacial score (nSPS) is 10.6. The predicted octanol–water partition coefficient (Wildman–Crippen LogP) is 4.11. The lowest BCUT2D eigenvalue weighted by Crippen LogP contribution is -1.95. The van der Waals surface area contributed by atoms with Crippen LogP contribution in [0.5, 0.6) is 5.75 Å². The van der Waals surface area contributed by atoms with Crippen molar-refractivity contribution in [1.29, 1.82) is 0 Å². The van der Waals surface area contributed by atoms with Crippen LogP contribution in [-0.4, -0.2) is 10.2 Å². The van der Waals surface area contributed by atoms with E-state index in [2.05, 4.69) is 10.2 Å². The summed E-state index contributed by atoms with van der Waals surface area (Å²) in [6.45, 7) is 0.133. The quantitative estimate of drug-likeness (QED) is 0.728. The van der Waals surface area contributed by atoms with E-state index in [1.807, 2.05) is 0 Å². The van der Waals surface area contributed by atoms with Crippen molar-refractivity contribution in [3.05, 3.63) is 65.3 Å². The lowest BCUT2D eigenvalue weighted by atomic mass is 10.2. The third-order valence-electron chi connectivity index (χ3n) is 2.72. The molecule has 0 atom stereocenters. The van der Waals surface area contributed by atoms with Gasteiger partial charge in [-0.2, -0.15) is 0 Å². The molecule has 0 fully saturated rings. The molecule has 106 valence electrons. The van der Waals surface area contributed by atoms with Crippen LogP contribution in [0.3, 0.4) is 0 Å². The van der Waals surface area contributed by atoms with Crippen LogP contribution in [0.2, 0.25) is 5.02 Å². The highest BCUT2D eigenvalue weighted by Gasteiger charge is 2.09. The van der Waals surface area contributed by atoms with Gasteiger partial charge in [0.05, 0.1) is 0 Å². The van der Waals surface area contributed by atoms with Crippen LogP contribution in [0.1, 0.15) is 5.89 Å². The first-order valence-electron chi connectivity index (χ1n) is 6.17. The van der Waals surface area contributed by atoms with Gasteiger partial charge >= 0.3 is 0 Å². The van der Waals surface area contributed by atoms with Gasteiger partial charge in [0.2, 0.25) is 5.89 Å². The Morgan fingerprint density at radius 2 is 1.90 bits per heavy atom. The molecule has 4 nitrogen and oxygen atoms in total. The van der Waals surface area contributed by atoms with Gasteiger partial charge in [0.25, 0.3) is 5.89 Å². The first-order chi connectivity index (χ1) is 10.2. The van der Waals surface area contributed by atoms with Gasteiger partial charge in [0, 0.05) is 10.6 Å². The average molecular weight is 305 g/mol. The largest absolute Gasteiger partial charge is 0.484 e. The fourth-order valence-corrected chi connectivity index (χ4v) is 1.90. The van der Waals surface area contributed by atoms with Gasteiger partial charge in [0.1, 0.15) is 11.6 Å². The van der Waals surface area contributed by atoms with Crippen molar-refractivity contribution in [1.82, 2.24) is 10.2 Å². The van der Waals surface area contributed by atoms with Crippen LogP contribution >= 0.6 is 11.6 Å². The molecular formula is C15H10ClFN2O2. The first kappa shape index (κ1) is 13.6. The average Bonchev–Trinajstić information content (AvgIpc) is 2.95. The molecule has 0 aliphatic rings. The second kappa shape index (κ2) is 5.93. The zero-order valence-corrected chi connectivity index (χ0v) is 11.5. The van der Waals surface area contributed by atoms with Crippen molar-refractivity contribution in [3.8, 4) is 17.2 Å². The summed E-state index contributed by atoms with van der Waals surface area (Å²) in [4.78, 5) is 0. The van der Waals surface area contributed by atoms with Crippen molar-refractivity contribution < 1.29 is 13.5 Å². The van der Waals surface area contributed by atoms with Crippen LogP contribution in [0.25, 0.3) is 11.5 Å². The van der Waals surface area contributed by atoms with E-state index in [-0.39, 0.29) is 12.4 Å². The molecule has 0 saturated heterocycles. The second-order valence-electron chi connectivity index (χ2n) is 4.25. The molecule has 3 rings (SSSR count). The third-order valence-corrected chi connectivity index (χ3v) is 2.95. The van der Waals surface area contributed by atoms with Crippen molar-refractivity contribution in [2.45, 2.75) is 6.61 Å². The predicted molar refractivity (Wildman–Crippen MR) is 75.5 cm³/mol. The molecule has 3 aromatic rings. The highest BCUT2D eigenvalue weighted by Crippen LogP contribution is 2.20. The molecule has 6 heteroatoms. The lowest BCUT2D eigenvalue weighted by molar-refractivity contribution is 0.264. The summed E-state index contributed by atoms with van der Waals surface area (Å²) in [5.74, 6) is 0.945. The van der Waals surface area contributed by atoms with Gasteiger partial charge in [0.15, 0.2) is 6.61 Å². The number of rotatable bonds is 4. The zero-order valence-electron chi connectivity index (χ0n) is 10.8. The maximum Gasteiger partial charge on any atom is 0.254 e. The molecule has 0 aliphatic carbocycles. The summed E-state index contributed by atoms with van der Waals surface area (Å²) in [5, 5.41) is 8.37. The fraction of sp³-hybridized carbons (Fsp3) is 0.0667. The molecule has 0 amide bonds. The summed E-state index contributed by atoms with van der Waals surface area (Å²) in [6, 6.07) is 12.8. The highest BCUT2D eigenvalue weighted by atomic mass is 35.5. The van der Waals surface area contributed by atoms with Gasteiger partial charge < -0.3 is 9.15 Å². The Morgan fingerprint density at radius 3 is 2.67 bits per heavy atom. The Hall–Kier alpha value is -2.40. The number of hydrogen-bond donors (Lipinski definition) is 0. The SMILES string of the molecule is Fc1ccc(-c2nnc(COc3cccc(Cl)c3)o2)cc1. The zero-order chi connectivity index (χ0) is 14.7. The number of hydrogen-bond acceptors (Lipinski definition) is 4. The van der Waals surface area contributed by atoms with Crippen molar-refractivity contribution in [2.24, 2.45) is 0 Å². The Bertz CT molecular complexity index is 743. The molecular weight excluding hydrogens is 295 g/mol. The standard InChI is InChI=1S/C15H10ClFN2O2/c16-11-2-1-3-13(8-11)20-9-14-18-19-15(21-14)10-4-6-12(17)7-5-10/h1-8H,9H2. The first-order valence-corrected chi connectivity index (χ1v) is 6.55. The van der Waals surface area contributed by atoms with Gasteiger partial charge in [-0.05, 0) is 42.5 Å². The second-order valence-corrected chi connectivity index (χ2v) is 4.69. The molecule has 2 aromatic carbocycles. The fourth-order valence-electron chi connectivity index (χ4n) is 1.72. The van der Waals surface area contributed by atoms with Gasteiger partial charge in [-0.1, -0.05) is 17.7 Å². The Morgan fingerprint density at radius 1 is 1.10 bits per heavy atom. The molecule has 0 aliphatic heterocycles. The highest BCUT2D eigenvalue weighted by molar-refractivity contribution is 6.30. The van der Waals surface area contributed by atoms with Gasteiger partial charge in [-0.3, -0.25) is 0 Å². The van der Waals surface area contributed by atoms with Crippen LogP contribution in [0.4, 0.5) is 4.39 Å². The van der Waals surface area contributed by atoms with Crippen LogP contribution < -0.4 is 4.74 Å². The molecule has 1 aromatic heterocycles. The summed E-state index contributed by atoms with van der Waals surface area (Å²) in [6.07, 6.45) is 0. The van der Waals surface area contributed by atoms with Crippen LogP contribution in [0, 0.1) is 5.82 Å². The summed E-state index contributed by atoms with van der Waals surface area (Å²) < 4.78 is 23.8. The van der Waals surface area contributed by atoms with E-state index in [1.165, 1.54) is 12.1 Å². The minimum Gasteiger partial charge on any atom is -0.484 e. The van der Waals surface area contributed by atoms with E-state index in [0.717, 1.165) is 0 Å². The maximum absolute atomic E-state index is 12.9. The van der Waals surface area contributed by atoms with E-state index in [9.17, 15) is 4.39 Å². The molecule has 21 heavy (non-hydrogen) atoms. The number of halogens is 2. The van der Waals surface area contributed by atoms with E-state index in [1.54, 1.807) is 36.4 Å². The van der Waals surface area contributed by atoms with Crippen LogP contribution in [-0.2, 0) is 6.61 Å². The molecule has 0 bridgehead atoms. The van der Waals surface area contributed by atoms with E-state index in [4.69, 9.17) is 20.8 Å². The van der Waals surface area contributed by atoms with Crippen molar-refractivity contribution >= 4 is 11.6 Å². The Kier molecular flexibility index (Phi) is 3.83. The van der Waals surface area contributed by atoms with Crippen molar-refractivity contribution in [3.63, 3.8) is 0 Å². The summed E-state index contributed by atoms with van der Waals surface area (Å²) >= 11 is 5.86. The molecule has 0 spiro atoms. The van der Waals surface area contributed by atoms with Crippen molar-refractivity contribution in [2.75, 3.05) is 0 Å². The smallest absolute Gasteiger partial charge is 0.254 e. The third kappa shape index (κ3) is 3.38. The topological polar surface area (TPSA) is 48.2 Å². The number of benzene rings is 2. The van der Waals surface area contributed by atoms with E-state index >= 15 is 0 Å². The monoisotopic (exact) mass is 304 g/mol. The Balaban J connectivity index is 1.69. The summed E-state index contributed by atoms with van der Waals surface area (Å²) in [7, 11) is 0. The minimum atomic E-state index is -0.317. The minimum absolute atomic E-state index is 0.133. The number of aromatic nitrogens is 2. The van der Waals surface area contributed by atoms with Crippen LogP contribution in [0.15, 0.2) is 52.9 Å². The lowest BCUT2D eigenvalue weighted by Gasteiger charge is -2.02. The van der Waals surface area contributed by atoms with Gasteiger partial charge in [-0.15, -0.1) is 10.2 Å². The number of nitrogens with zero attached hydrogens (tertiary/aromatic N) is 2. The summed E-state index contributed by atoms with van der Waals surface area (Å²) in [5.41, 5.74) is 0.651. The molecule has 1 heterocycles. The molecule has 0 radical (unpaired) electrons. The molecule has 0 unspecified atom stereocenters. The Labute approximate surface area is 125 Å². The molecule has 0 N–H and O–H groups in total. The van der Waals surface area contributed by atoms with E-state index < -0.39 is 0 Å². The number of ether oxygens (including phenoxy) is 1. The molecule has 0 saturated carbocycles. The maximum atomic E-state index is 12.9.